The fraction of sp³-hybridized carbons (Fsp3) is 0.556. The van der Waals surface area contributed by atoms with Gasteiger partial charge in [-0.2, -0.15) is 0 Å². The Morgan fingerprint density at radius 1 is 1.64 bits per heavy atom. The number of nitrogens with one attached hydrogen (secondary N) is 2. The molecule has 0 aromatic carbocycles. The standard InChI is InChI=1S/C9H14N4S/c1-14-9-11-5-3-8(13-9)12-7-2-4-10-6-7/h3,5,7,10H,2,4,6H2,1H3,(H,11,12,13)/t7-/m1/s1. The minimum absolute atomic E-state index is 0.514. The molecule has 1 aromatic rings. The molecule has 0 radical (unpaired) electrons. The molecule has 0 spiro atoms. The van der Waals surface area contributed by atoms with Crippen molar-refractivity contribution in [1.29, 1.82) is 0 Å². The third-order valence-corrected chi connectivity index (χ3v) is 2.79. The van der Waals surface area contributed by atoms with E-state index in [4.69, 9.17) is 0 Å². The first-order valence-corrected chi connectivity index (χ1v) is 5.95. The van der Waals surface area contributed by atoms with Crippen molar-refractivity contribution in [2.75, 3.05) is 24.7 Å². The number of aromatic nitrogens is 2. The normalized spacial score (nSPS) is 21.1. The van der Waals surface area contributed by atoms with Gasteiger partial charge in [0.15, 0.2) is 5.16 Å². The molecule has 1 fully saturated rings. The average Bonchev–Trinajstić information content (AvgIpc) is 2.71. The Hall–Kier alpha value is -0.810. The van der Waals surface area contributed by atoms with Gasteiger partial charge in [0.1, 0.15) is 5.82 Å². The molecule has 2 N–H and O–H groups in total. The quantitative estimate of drug-likeness (QED) is 0.575. The fourth-order valence-corrected chi connectivity index (χ4v) is 1.86. The molecule has 0 bridgehead atoms. The van der Waals surface area contributed by atoms with Gasteiger partial charge in [-0.3, -0.25) is 0 Å². The molecule has 1 atom stereocenters. The van der Waals surface area contributed by atoms with E-state index < -0.39 is 0 Å². The Morgan fingerprint density at radius 3 is 3.29 bits per heavy atom. The second-order valence-electron chi connectivity index (χ2n) is 3.26. The number of thioether (sulfide) groups is 1. The molecule has 0 amide bonds. The molecule has 4 nitrogen and oxygen atoms in total. The summed E-state index contributed by atoms with van der Waals surface area (Å²) in [5.41, 5.74) is 0. The number of rotatable bonds is 3. The molecule has 0 aliphatic carbocycles. The summed E-state index contributed by atoms with van der Waals surface area (Å²) in [4.78, 5) is 8.50. The Kier molecular flexibility index (Phi) is 3.21. The molecular weight excluding hydrogens is 196 g/mol. The van der Waals surface area contributed by atoms with E-state index in [1.54, 1.807) is 18.0 Å². The third-order valence-electron chi connectivity index (χ3n) is 2.23. The topological polar surface area (TPSA) is 49.8 Å². The van der Waals surface area contributed by atoms with Gasteiger partial charge in [0.2, 0.25) is 0 Å². The van der Waals surface area contributed by atoms with Crippen molar-refractivity contribution in [3.63, 3.8) is 0 Å². The Morgan fingerprint density at radius 2 is 2.57 bits per heavy atom. The molecule has 1 aliphatic heterocycles. The van der Waals surface area contributed by atoms with Crippen molar-refractivity contribution >= 4 is 17.6 Å². The largest absolute Gasteiger partial charge is 0.366 e. The van der Waals surface area contributed by atoms with Crippen LogP contribution >= 0.6 is 11.8 Å². The summed E-state index contributed by atoms with van der Waals surface area (Å²) in [6.07, 6.45) is 4.94. The van der Waals surface area contributed by atoms with Gasteiger partial charge in [-0.05, 0) is 25.3 Å². The van der Waals surface area contributed by atoms with Gasteiger partial charge in [0.05, 0.1) is 0 Å². The maximum absolute atomic E-state index is 4.37. The highest BCUT2D eigenvalue weighted by atomic mass is 32.2. The van der Waals surface area contributed by atoms with Crippen LogP contribution in [0.5, 0.6) is 0 Å². The van der Waals surface area contributed by atoms with Gasteiger partial charge in [-0.25, -0.2) is 9.97 Å². The van der Waals surface area contributed by atoms with Gasteiger partial charge in [-0.1, -0.05) is 11.8 Å². The van der Waals surface area contributed by atoms with Crippen molar-refractivity contribution in [1.82, 2.24) is 15.3 Å². The lowest BCUT2D eigenvalue weighted by atomic mass is 10.2. The second-order valence-corrected chi connectivity index (χ2v) is 4.04. The number of nitrogens with zero attached hydrogens (tertiary/aromatic N) is 2. The average molecular weight is 210 g/mol. The smallest absolute Gasteiger partial charge is 0.189 e. The highest BCUT2D eigenvalue weighted by Gasteiger charge is 2.14. The van der Waals surface area contributed by atoms with Crippen LogP contribution in [0.4, 0.5) is 5.82 Å². The van der Waals surface area contributed by atoms with Crippen molar-refractivity contribution in [3.05, 3.63) is 12.3 Å². The van der Waals surface area contributed by atoms with Crippen molar-refractivity contribution < 1.29 is 0 Å². The predicted molar refractivity (Wildman–Crippen MR) is 58.7 cm³/mol. The lowest BCUT2D eigenvalue weighted by molar-refractivity contribution is 0.781. The van der Waals surface area contributed by atoms with Gasteiger partial charge < -0.3 is 10.6 Å². The van der Waals surface area contributed by atoms with E-state index in [-0.39, 0.29) is 0 Å². The number of anilines is 1. The number of hydrogen-bond donors (Lipinski definition) is 2. The summed E-state index contributed by atoms with van der Waals surface area (Å²) in [5.74, 6) is 0.929. The van der Waals surface area contributed by atoms with Crippen LogP contribution < -0.4 is 10.6 Å². The van der Waals surface area contributed by atoms with Crippen molar-refractivity contribution in [3.8, 4) is 0 Å². The monoisotopic (exact) mass is 210 g/mol. The van der Waals surface area contributed by atoms with E-state index in [1.165, 1.54) is 6.42 Å². The Labute approximate surface area is 87.9 Å². The summed E-state index contributed by atoms with van der Waals surface area (Å²) in [6.45, 7) is 2.12. The van der Waals surface area contributed by atoms with Crippen LogP contribution in [0.15, 0.2) is 17.4 Å². The number of hydrogen-bond acceptors (Lipinski definition) is 5. The van der Waals surface area contributed by atoms with E-state index in [0.717, 1.165) is 24.1 Å². The van der Waals surface area contributed by atoms with Crippen LogP contribution in [0.2, 0.25) is 0 Å². The Bertz CT molecular complexity index is 299. The zero-order chi connectivity index (χ0) is 9.80. The Balaban J connectivity index is 2.00. The van der Waals surface area contributed by atoms with E-state index in [9.17, 15) is 0 Å². The molecule has 0 saturated carbocycles. The second kappa shape index (κ2) is 4.61. The molecule has 2 rings (SSSR count). The first kappa shape index (κ1) is 9.73. The molecule has 2 heterocycles. The summed E-state index contributed by atoms with van der Waals surface area (Å²) < 4.78 is 0. The maximum Gasteiger partial charge on any atom is 0.189 e. The van der Waals surface area contributed by atoms with Crippen LogP contribution in [0.1, 0.15) is 6.42 Å². The van der Waals surface area contributed by atoms with E-state index >= 15 is 0 Å². The summed E-state index contributed by atoms with van der Waals surface area (Å²) in [6, 6.07) is 2.43. The minimum atomic E-state index is 0.514. The van der Waals surface area contributed by atoms with Gasteiger partial charge in [-0.15, -0.1) is 0 Å². The zero-order valence-electron chi connectivity index (χ0n) is 8.16. The lowest BCUT2D eigenvalue weighted by Crippen LogP contribution is -2.22. The fourth-order valence-electron chi connectivity index (χ4n) is 1.51. The SMILES string of the molecule is CSc1nccc(N[C@@H]2CCNC2)n1. The molecule has 1 saturated heterocycles. The van der Waals surface area contributed by atoms with Crippen LogP contribution in [0, 0.1) is 0 Å². The van der Waals surface area contributed by atoms with Gasteiger partial charge in [0.25, 0.3) is 0 Å². The summed E-state index contributed by atoms with van der Waals surface area (Å²) in [5, 5.41) is 7.52. The molecular formula is C9H14N4S. The molecule has 76 valence electrons. The summed E-state index contributed by atoms with van der Waals surface area (Å²) >= 11 is 1.56. The van der Waals surface area contributed by atoms with E-state index in [2.05, 4.69) is 20.6 Å². The minimum Gasteiger partial charge on any atom is -0.366 e. The first-order valence-electron chi connectivity index (χ1n) is 4.73. The van der Waals surface area contributed by atoms with Crippen LogP contribution in [0.25, 0.3) is 0 Å². The van der Waals surface area contributed by atoms with Crippen LogP contribution in [-0.2, 0) is 0 Å². The van der Waals surface area contributed by atoms with Crippen molar-refractivity contribution in [2.24, 2.45) is 0 Å². The highest BCUT2D eigenvalue weighted by Crippen LogP contribution is 2.12. The van der Waals surface area contributed by atoms with Gasteiger partial charge >= 0.3 is 0 Å². The third kappa shape index (κ3) is 2.36. The molecule has 14 heavy (non-hydrogen) atoms. The molecule has 0 unspecified atom stereocenters. The maximum atomic E-state index is 4.37. The van der Waals surface area contributed by atoms with Crippen molar-refractivity contribution in [2.45, 2.75) is 17.6 Å². The molecule has 1 aliphatic rings. The van der Waals surface area contributed by atoms with E-state index in [1.807, 2.05) is 12.3 Å². The molecule has 1 aromatic heterocycles. The zero-order valence-corrected chi connectivity index (χ0v) is 8.97. The van der Waals surface area contributed by atoms with Gasteiger partial charge in [0, 0.05) is 18.8 Å². The molecule has 5 heteroatoms. The summed E-state index contributed by atoms with van der Waals surface area (Å²) in [7, 11) is 0. The highest BCUT2D eigenvalue weighted by molar-refractivity contribution is 7.98. The predicted octanol–water partition coefficient (Wildman–Crippen LogP) is 0.972. The van der Waals surface area contributed by atoms with E-state index in [0.29, 0.717) is 6.04 Å². The van der Waals surface area contributed by atoms with Crippen LogP contribution in [0.3, 0.4) is 0 Å². The lowest BCUT2D eigenvalue weighted by Gasteiger charge is -2.11. The van der Waals surface area contributed by atoms with Crippen LogP contribution in [-0.4, -0.2) is 35.4 Å². The first-order chi connectivity index (χ1) is 6.88.